The number of hydrogen-bond donors (Lipinski definition) is 3. The Morgan fingerprint density at radius 1 is 1.18 bits per heavy atom. The molecule has 1 saturated heterocycles. The summed E-state index contributed by atoms with van der Waals surface area (Å²) in [6.45, 7) is 1.73. The second kappa shape index (κ2) is 8.87. The van der Waals surface area contributed by atoms with Crippen LogP contribution in [0.3, 0.4) is 0 Å². The molecule has 0 saturated carbocycles. The van der Waals surface area contributed by atoms with E-state index >= 15 is 0 Å². The van der Waals surface area contributed by atoms with Crippen LogP contribution in [0, 0.1) is 5.92 Å². The Morgan fingerprint density at radius 3 is 2.79 bits per heavy atom. The highest BCUT2D eigenvalue weighted by atomic mass is 16.5. The van der Waals surface area contributed by atoms with Gasteiger partial charge in [-0.3, -0.25) is 14.5 Å². The maximum Gasteiger partial charge on any atom is 0.247 e. The standard InChI is InChI=1S/C22H25N9O2/c1-30-10-7-16(28-30)18-12-24-13-20-27-22(29-31(18)20)25-15-3-4-17(19(11-15)33-2)26-21(32)14-5-8-23-9-6-14/h3-4,7,10-14,23H,5-6,8-9H2,1-2H3,(H,25,29)(H,26,32). The van der Waals surface area contributed by atoms with E-state index in [4.69, 9.17) is 4.74 Å². The summed E-state index contributed by atoms with van der Waals surface area (Å²) in [4.78, 5) is 21.4. The van der Waals surface area contributed by atoms with Crippen LogP contribution >= 0.6 is 0 Å². The number of rotatable bonds is 6. The van der Waals surface area contributed by atoms with Gasteiger partial charge in [0.25, 0.3) is 0 Å². The molecule has 1 fully saturated rings. The Balaban J connectivity index is 1.36. The lowest BCUT2D eigenvalue weighted by molar-refractivity contribution is -0.120. The van der Waals surface area contributed by atoms with Gasteiger partial charge in [-0.1, -0.05) is 0 Å². The van der Waals surface area contributed by atoms with Crippen molar-refractivity contribution in [2.24, 2.45) is 13.0 Å². The van der Waals surface area contributed by atoms with Gasteiger partial charge in [-0.15, -0.1) is 5.10 Å². The molecule has 33 heavy (non-hydrogen) atoms. The van der Waals surface area contributed by atoms with Gasteiger partial charge in [-0.05, 0) is 44.1 Å². The number of amides is 1. The first kappa shape index (κ1) is 20.9. The molecule has 4 heterocycles. The largest absolute Gasteiger partial charge is 0.494 e. The number of ether oxygens (including phenoxy) is 1. The van der Waals surface area contributed by atoms with Crippen molar-refractivity contribution < 1.29 is 9.53 Å². The van der Waals surface area contributed by atoms with Crippen molar-refractivity contribution in [2.75, 3.05) is 30.8 Å². The second-order valence-electron chi connectivity index (χ2n) is 7.93. The van der Waals surface area contributed by atoms with E-state index in [1.165, 1.54) is 0 Å². The number of nitrogens with zero attached hydrogens (tertiary/aromatic N) is 6. The molecule has 11 heteroatoms. The summed E-state index contributed by atoms with van der Waals surface area (Å²) in [6.07, 6.45) is 6.88. The summed E-state index contributed by atoms with van der Waals surface area (Å²) in [7, 11) is 3.44. The molecular weight excluding hydrogens is 422 g/mol. The molecule has 1 aromatic carbocycles. The van der Waals surface area contributed by atoms with Crippen LogP contribution in [0.4, 0.5) is 17.3 Å². The Hall–Kier alpha value is -3.99. The molecule has 4 aromatic rings. The molecule has 1 aliphatic heterocycles. The smallest absolute Gasteiger partial charge is 0.247 e. The quantitative estimate of drug-likeness (QED) is 0.411. The predicted octanol–water partition coefficient (Wildman–Crippen LogP) is 2.22. The van der Waals surface area contributed by atoms with Crippen molar-refractivity contribution in [3.63, 3.8) is 0 Å². The predicted molar refractivity (Wildman–Crippen MR) is 123 cm³/mol. The Kier molecular flexibility index (Phi) is 5.61. The van der Waals surface area contributed by atoms with Crippen LogP contribution in [0.25, 0.3) is 17.0 Å². The Bertz CT molecular complexity index is 1290. The van der Waals surface area contributed by atoms with E-state index in [1.807, 2.05) is 37.5 Å². The SMILES string of the molecule is COc1cc(Nc2nc3cncc(-c4ccn(C)n4)n3n2)ccc1NC(=O)C1CCNCC1. The molecule has 0 atom stereocenters. The number of benzene rings is 1. The van der Waals surface area contributed by atoms with Crippen LogP contribution < -0.4 is 20.7 Å². The van der Waals surface area contributed by atoms with Gasteiger partial charge in [0.1, 0.15) is 17.1 Å². The monoisotopic (exact) mass is 447 g/mol. The summed E-state index contributed by atoms with van der Waals surface area (Å²) in [6, 6.07) is 7.37. The molecule has 0 unspecified atom stereocenters. The summed E-state index contributed by atoms with van der Waals surface area (Å²) >= 11 is 0. The number of carbonyl (C=O) groups is 1. The molecule has 170 valence electrons. The van der Waals surface area contributed by atoms with Crippen molar-refractivity contribution in [3.8, 4) is 17.1 Å². The van der Waals surface area contributed by atoms with E-state index < -0.39 is 0 Å². The molecule has 0 bridgehead atoms. The first-order chi connectivity index (χ1) is 16.1. The zero-order valence-corrected chi connectivity index (χ0v) is 18.4. The molecule has 3 N–H and O–H groups in total. The van der Waals surface area contributed by atoms with Crippen molar-refractivity contribution in [1.82, 2.24) is 34.7 Å². The number of fused-ring (bicyclic) bond motifs is 1. The zero-order chi connectivity index (χ0) is 22.8. The average molecular weight is 448 g/mol. The van der Waals surface area contributed by atoms with Crippen molar-refractivity contribution in [3.05, 3.63) is 42.9 Å². The summed E-state index contributed by atoms with van der Waals surface area (Å²) in [5, 5.41) is 18.5. The normalized spacial score (nSPS) is 14.4. The van der Waals surface area contributed by atoms with Crippen LogP contribution in [-0.2, 0) is 11.8 Å². The number of aryl methyl sites for hydroxylation is 1. The van der Waals surface area contributed by atoms with Gasteiger partial charge >= 0.3 is 0 Å². The topological polar surface area (TPSA) is 123 Å². The maximum absolute atomic E-state index is 12.6. The minimum Gasteiger partial charge on any atom is -0.494 e. The lowest BCUT2D eigenvalue weighted by atomic mass is 9.97. The van der Waals surface area contributed by atoms with E-state index in [2.05, 4.69) is 36.1 Å². The summed E-state index contributed by atoms with van der Waals surface area (Å²) in [5.41, 5.74) is 3.45. The molecule has 0 aliphatic carbocycles. The lowest BCUT2D eigenvalue weighted by Crippen LogP contribution is -2.34. The third-order valence-corrected chi connectivity index (χ3v) is 5.65. The zero-order valence-electron chi connectivity index (χ0n) is 18.4. The van der Waals surface area contributed by atoms with Gasteiger partial charge in [0, 0.05) is 30.9 Å². The lowest BCUT2D eigenvalue weighted by Gasteiger charge is -2.22. The maximum atomic E-state index is 12.6. The van der Waals surface area contributed by atoms with Crippen molar-refractivity contribution >= 4 is 28.9 Å². The third kappa shape index (κ3) is 4.35. The minimum atomic E-state index is 0.0119. The molecule has 0 radical (unpaired) electrons. The van der Waals surface area contributed by atoms with Crippen molar-refractivity contribution in [1.29, 1.82) is 0 Å². The Labute approximate surface area is 190 Å². The van der Waals surface area contributed by atoms with Crippen LogP contribution in [0.15, 0.2) is 42.9 Å². The van der Waals surface area contributed by atoms with Gasteiger partial charge in [0.05, 0.1) is 25.2 Å². The average Bonchev–Trinajstić information content (AvgIpc) is 3.46. The minimum absolute atomic E-state index is 0.0119. The number of aromatic nitrogens is 6. The molecule has 0 spiro atoms. The van der Waals surface area contributed by atoms with E-state index in [0.29, 0.717) is 23.0 Å². The van der Waals surface area contributed by atoms with Crippen LogP contribution in [0.1, 0.15) is 12.8 Å². The summed E-state index contributed by atoms with van der Waals surface area (Å²) < 4.78 is 8.94. The van der Waals surface area contributed by atoms with Gasteiger partial charge in [0.2, 0.25) is 11.9 Å². The molecule has 5 rings (SSSR count). The number of methoxy groups -OCH3 is 1. The first-order valence-corrected chi connectivity index (χ1v) is 10.8. The Morgan fingerprint density at radius 2 is 2.03 bits per heavy atom. The van der Waals surface area contributed by atoms with Gasteiger partial charge in [0.15, 0.2) is 5.65 Å². The van der Waals surface area contributed by atoms with E-state index in [1.54, 1.807) is 28.7 Å². The third-order valence-electron chi connectivity index (χ3n) is 5.65. The number of carbonyl (C=O) groups excluding carboxylic acids is 1. The number of hydrogen-bond acceptors (Lipinski definition) is 8. The van der Waals surface area contributed by atoms with Crippen LogP contribution in [0.2, 0.25) is 0 Å². The van der Waals surface area contributed by atoms with E-state index in [9.17, 15) is 4.79 Å². The summed E-state index contributed by atoms with van der Waals surface area (Å²) in [5.74, 6) is 1.00. The number of nitrogens with one attached hydrogen (secondary N) is 3. The number of piperidine rings is 1. The van der Waals surface area contributed by atoms with E-state index in [-0.39, 0.29) is 11.8 Å². The van der Waals surface area contributed by atoms with Crippen LogP contribution in [-0.4, -0.2) is 55.5 Å². The van der Waals surface area contributed by atoms with E-state index in [0.717, 1.165) is 43.0 Å². The van der Waals surface area contributed by atoms with Crippen molar-refractivity contribution in [2.45, 2.75) is 12.8 Å². The fourth-order valence-corrected chi connectivity index (χ4v) is 3.91. The highest BCUT2D eigenvalue weighted by Gasteiger charge is 2.22. The second-order valence-corrected chi connectivity index (χ2v) is 7.93. The molecule has 11 nitrogen and oxygen atoms in total. The fraction of sp³-hybridized carbons (Fsp3) is 0.318. The van der Waals surface area contributed by atoms with Gasteiger partial charge in [-0.25, -0.2) is 4.52 Å². The van der Waals surface area contributed by atoms with Gasteiger partial charge < -0.3 is 20.7 Å². The highest BCUT2D eigenvalue weighted by molar-refractivity contribution is 5.94. The first-order valence-electron chi connectivity index (χ1n) is 10.8. The van der Waals surface area contributed by atoms with Gasteiger partial charge in [-0.2, -0.15) is 10.1 Å². The highest BCUT2D eigenvalue weighted by Crippen LogP contribution is 2.30. The number of anilines is 3. The fourth-order valence-electron chi connectivity index (χ4n) is 3.91. The molecule has 1 aliphatic rings. The molecular formula is C22H25N9O2. The van der Waals surface area contributed by atoms with Crippen LogP contribution in [0.5, 0.6) is 5.75 Å². The molecule has 3 aromatic heterocycles. The molecule has 1 amide bonds.